The molecule has 114 valence electrons. The molecule has 1 N–H and O–H groups in total. The molecule has 0 aromatic heterocycles. The second-order valence-corrected chi connectivity index (χ2v) is 6.06. The van der Waals surface area contributed by atoms with Gasteiger partial charge < -0.3 is 15.0 Å². The lowest BCUT2D eigenvalue weighted by Crippen LogP contribution is -2.37. The fourth-order valence-electron chi connectivity index (χ4n) is 3.08. The molecule has 4 heteroatoms. The summed E-state index contributed by atoms with van der Waals surface area (Å²) in [5.74, 6) is 1.15. The van der Waals surface area contributed by atoms with E-state index >= 15 is 0 Å². The molecule has 1 saturated carbocycles. The van der Waals surface area contributed by atoms with Gasteiger partial charge in [0.25, 0.3) is 0 Å². The molecule has 1 aromatic rings. The Morgan fingerprint density at radius 2 is 2.14 bits per heavy atom. The average Bonchev–Trinajstić information content (AvgIpc) is 3.22. The number of carbonyl (C=O) groups excluding carboxylic acids is 1. The molecule has 1 atom stereocenters. The summed E-state index contributed by atoms with van der Waals surface area (Å²) in [6, 6.07) is 8.79. The van der Waals surface area contributed by atoms with Gasteiger partial charge in [-0.25, -0.2) is 0 Å². The number of nitrogens with zero attached hydrogens (tertiary/aromatic N) is 1. The normalized spacial score (nSPS) is 21.3. The van der Waals surface area contributed by atoms with Crippen molar-refractivity contribution in [1.82, 2.24) is 10.2 Å². The van der Waals surface area contributed by atoms with E-state index in [0.717, 1.165) is 37.1 Å². The summed E-state index contributed by atoms with van der Waals surface area (Å²) in [6.07, 6.45) is 5.22. The third kappa shape index (κ3) is 3.56. The minimum atomic E-state index is 0.280. The monoisotopic (exact) mass is 288 g/mol. The van der Waals surface area contributed by atoms with Crippen molar-refractivity contribution >= 4 is 5.91 Å². The van der Waals surface area contributed by atoms with Gasteiger partial charge in [0, 0.05) is 30.6 Å². The van der Waals surface area contributed by atoms with Gasteiger partial charge in [-0.05, 0) is 38.3 Å². The summed E-state index contributed by atoms with van der Waals surface area (Å²) >= 11 is 0. The largest absolute Gasteiger partial charge is 0.496 e. The summed E-state index contributed by atoms with van der Waals surface area (Å²) in [4.78, 5) is 14.7. The van der Waals surface area contributed by atoms with Crippen LogP contribution < -0.4 is 10.1 Å². The number of methoxy groups -OCH3 is 1. The molecule has 3 rings (SSSR count). The van der Waals surface area contributed by atoms with Gasteiger partial charge in [0.2, 0.25) is 5.91 Å². The van der Waals surface area contributed by atoms with Crippen LogP contribution in [0.1, 0.15) is 37.7 Å². The molecular weight excluding hydrogens is 264 g/mol. The van der Waals surface area contributed by atoms with Crippen LogP contribution in [0, 0.1) is 0 Å². The summed E-state index contributed by atoms with van der Waals surface area (Å²) < 4.78 is 5.41. The maximum absolute atomic E-state index is 12.6. The zero-order valence-electron chi connectivity index (χ0n) is 12.7. The van der Waals surface area contributed by atoms with Crippen LogP contribution in [0.2, 0.25) is 0 Å². The van der Waals surface area contributed by atoms with Crippen LogP contribution in [-0.2, 0) is 11.3 Å². The van der Waals surface area contributed by atoms with Gasteiger partial charge in [-0.1, -0.05) is 18.2 Å². The van der Waals surface area contributed by atoms with Crippen molar-refractivity contribution in [2.75, 3.05) is 13.7 Å². The second-order valence-electron chi connectivity index (χ2n) is 6.06. The minimum Gasteiger partial charge on any atom is -0.496 e. The quantitative estimate of drug-likeness (QED) is 0.873. The van der Waals surface area contributed by atoms with Gasteiger partial charge in [-0.2, -0.15) is 0 Å². The van der Waals surface area contributed by atoms with E-state index in [1.165, 1.54) is 6.42 Å². The predicted octanol–water partition coefficient (Wildman–Crippen LogP) is 2.33. The first-order chi connectivity index (χ1) is 10.3. The second kappa shape index (κ2) is 6.48. The highest BCUT2D eigenvalue weighted by Crippen LogP contribution is 2.31. The van der Waals surface area contributed by atoms with Crippen molar-refractivity contribution in [3.8, 4) is 5.75 Å². The molecule has 0 spiro atoms. The summed E-state index contributed by atoms with van der Waals surface area (Å²) in [7, 11) is 1.69. The topological polar surface area (TPSA) is 41.6 Å². The summed E-state index contributed by atoms with van der Waals surface area (Å²) in [5.41, 5.74) is 1.10. The van der Waals surface area contributed by atoms with Gasteiger partial charge in [-0.15, -0.1) is 0 Å². The zero-order chi connectivity index (χ0) is 14.7. The van der Waals surface area contributed by atoms with Crippen LogP contribution in [0.5, 0.6) is 5.75 Å². The number of hydrogen-bond acceptors (Lipinski definition) is 3. The Labute approximate surface area is 126 Å². The van der Waals surface area contributed by atoms with Gasteiger partial charge in [-0.3, -0.25) is 4.79 Å². The van der Waals surface area contributed by atoms with Gasteiger partial charge in [0.15, 0.2) is 0 Å². The van der Waals surface area contributed by atoms with Crippen molar-refractivity contribution < 1.29 is 9.53 Å². The fourth-order valence-corrected chi connectivity index (χ4v) is 3.08. The molecule has 2 aliphatic rings. The van der Waals surface area contributed by atoms with Crippen molar-refractivity contribution in [2.24, 2.45) is 0 Å². The van der Waals surface area contributed by atoms with Gasteiger partial charge in [0.1, 0.15) is 5.75 Å². The first-order valence-electron chi connectivity index (χ1n) is 7.92. The number of amides is 1. The van der Waals surface area contributed by atoms with Crippen molar-refractivity contribution in [3.05, 3.63) is 29.8 Å². The molecule has 1 amide bonds. The van der Waals surface area contributed by atoms with Crippen LogP contribution >= 0.6 is 0 Å². The zero-order valence-corrected chi connectivity index (χ0v) is 12.7. The Morgan fingerprint density at radius 1 is 1.33 bits per heavy atom. The predicted molar refractivity (Wildman–Crippen MR) is 82.2 cm³/mol. The molecule has 21 heavy (non-hydrogen) atoms. The summed E-state index contributed by atoms with van der Waals surface area (Å²) in [6.45, 7) is 1.72. The summed E-state index contributed by atoms with van der Waals surface area (Å²) in [5, 5.41) is 3.42. The van der Waals surface area contributed by atoms with Crippen molar-refractivity contribution in [3.63, 3.8) is 0 Å². The highest BCUT2D eigenvalue weighted by atomic mass is 16.5. The number of nitrogens with one attached hydrogen (secondary N) is 1. The van der Waals surface area contributed by atoms with E-state index in [9.17, 15) is 4.79 Å². The van der Waals surface area contributed by atoms with Crippen molar-refractivity contribution in [1.29, 1.82) is 0 Å². The molecule has 1 aliphatic heterocycles. The van der Waals surface area contributed by atoms with E-state index in [-0.39, 0.29) is 5.91 Å². The highest BCUT2D eigenvalue weighted by Gasteiger charge is 2.34. The molecule has 2 fully saturated rings. The first-order valence-corrected chi connectivity index (χ1v) is 7.92. The van der Waals surface area contributed by atoms with E-state index < -0.39 is 0 Å². The molecule has 1 aliphatic carbocycles. The Morgan fingerprint density at radius 3 is 2.81 bits per heavy atom. The first kappa shape index (κ1) is 14.4. The SMILES string of the molecule is COc1ccccc1CN(C(=O)CC1CCCN1)C1CC1. The standard InChI is InChI=1S/C17H24N2O2/c1-21-16-7-3-2-5-13(16)12-19(15-8-9-15)17(20)11-14-6-4-10-18-14/h2-3,5,7,14-15,18H,4,6,8-12H2,1H3. The molecule has 1 heterocycles. The van der Waals surface area contributed by atoms with Crippen LogP contribution in [-0.4, -0.2) is 36.5 Å². The lowest BCUT2D eigenvalue weighted by Gasteiger charge is -2.25. The fraction of sp³-hybridized carbons (Fsp3) is 0.588. The van der Waals surface area contributed by atoms with E-state index in [2.05, 4.69) is 16.3 Å². The van der Waals surface area contributed by atoms with Crippen LogP contribution in [0.25, 0.3) is 0 Å². The maximum atomic E-state index is 12.6. The number of ether oxygens (including phenoxy) is 1. The maximum Gasteiger partial charge on any atom is 0.224 e. The molecule has 0 bridgehead atoms. The Kier molecular flexibility index (Phi) is 4.44. The molecule has 4 nitrogen and oxygen atoms in total. The van der Waals surface area contributed by atoms with E-state index in [4.69, 9.17) is 4.74 Å². The lowest BCUT2D eigenvalue weighted by molar-refractivity contribution is -0.132. The number of hydrogen-bond donors (Lipinski definition) is 1. The van der Waals surface area contributed by atoms with Gasteiger partial charge >= 0.3 is 0 Å². The number of rotatable bonds is 6. The molecule has 0 radical (unpaired) electrons. The highest BCUT2D eigenvalue weighted by molar-refractivity contribution is 5.77. The third-order valence-corrected chi connectivity index (χ3v) is 4.42. The smallest absolute Gasteiger partial charge is 0.224 e. The molecular formula is C17H24N2O2. The van der Waals surface area contributed by atoms with Crippen LogP contribution in [0.4, 0.5) is 0 Å². The van der Waals surface area contributed by atoms with Gasteiger partial charge in [0.05, 0.1) is 7.11 Å². The average molecular weight is 288 g/mol. The Bertz CT molecular complexity index is 493. The third-order valence-electron chi connectivity index (χ3n) is 4.42. The van der Waals surface area contributed by atoms with E-state index in [1.807, 2.05) is 18.2 Å². The Hall–Kier alpha value is -1.55. The van der Waals surface area contributed by atoms with Crippen LogP contribution in [0.15, 0.2) is 24.3 Å². The number of para-hydroxylation sites is 1. The van der Waals surface area contributed by atoms with E-state index in [1.54, 1.807) is 7.11 Å². The lowest BCUT2D eigenvalue weighted by atomic mass is 10.1. The van der Waals surface area contributed by atoms with Crippen molar-refractivity contribution in [2.45, 2.75) is 50.7 Å². The minimum absolute atomic E-state index is 0.280. The molecule has 1 aromatic carbocycles. The molecule has 1 saturated heterocycles. The number of benzene rings is 1. The van der Waals surface area contributed by atoms with Crippen LogP contribution in [0.3, 0.4) is 0 Å². The number of carbonyl (C=O) groups is 1. The molecule has 1 unspecified atom stereocenters. The Balaban J connectivity index is 1.67. The van der Waals surface area contributed by atoms with E-state index in [0.29, 0.717) is 25.0 Å².